The second kappa shape index (κ2) is 6.78. The van der Waals surface area contributed by atoms with Gasteiger partial charge in [-0.1, -0.05) is 0 Å². The molecule has 2 saturated heterocycles. The number of hydrogen-bond donors (Lipinski definition) is 2. The number of β-amino-alcohol motifs (C(OH)–C–C–N with tert-alkyl or cyclic N) is 1. The Labute approximate surface area is 157 Å². The van der Waals surface area contributed by atoms with E-state index >= 15 is 0 Å². The van der Waals surface area contributed by atoms with Gasteiger partial charge in [0.25, 0.3) is 0 Å². The van der Waals surface area contributed by atoms with Gasteiger partial charge in [0.2, 0.25) is 5.91 Å². The lowest BCUT2D eigenvalue weighted by Crippen LogP contribution is -2.56. The zero-order chi connectivity index (χ0) is 19.2. The van der Waals surface area contributed by atoms with E-state index < -0.39 is 11.7 Å². The van der Waals surface area contributed by atoms with Crippen LogP contribution >= 0.6 is 0 Å². The zero-order valence-corrected chi connectivity index (χ0v) is 15.8. The molecular formula is C19H26N4O4. The molecule has 0 saturated carbocycles. The van der Waals surface area contributed by atoms with Crippen LogP contribution in [-0.4, -0.2) is 63.0 Å². The summed E-state index contributed by atoms with van der Waals surface area (Å²) in [7, 11) is 3.44. The number of aryl methyl sites for hydroxylation is 2. The maximum Gasteiger partial charge on any atom is 0.328 e. The van der Waals surface area contributed by atoms with Crippen LogP contribution in [0.1, 0.15) is 19.3 Å². The lowest BCUT2D eigenvalue weighted by molar-refractivity contribution is -0.135. The van der Waals surface area contributed by atoms with Gasteiger partial charge in [0.15, 0.2) is 0 Å². The number of amides is 1. The first-order valence-electron chi connectivity index (χ1n) is 9.39. The van der Waals surface area contributed by atoms with Gasteiger partial charge in [-0.2, -0.15) is 0 Å². The molecule has 27 heavy (non-hydrogen) atoms. The monoisotopic (exact) mass is 374 g/mol. The van der Waals surface area contributed by atoms with Crippen LogP contribution in [0.4, 0.5) is 5.69 Å². The first-order valence-corrected chi connectivity index (χ1v) is 9.39. The number of benzene rings is 1. The van der Waals surface area contributed by atoms with Crippen LogP contribution in [-0.2, 0) is 23.6 Å². The number of carbonyl (C=O) groups excluding carboxylic acids is 1. The number of piperidine rings is 1. The number of nitrogens with one attached hydrogen (secondary N) is 1. The topological polar surface area (TPSA) is 88.7 Å². The second-order valence-corrected chi connectivity index (χ2v) is 7.67. The molecule has 146 valence electrons. The van der Waals surface area contributed by atoms with Gasteiger partial charge in [0.05, 0.1) is 29.3 Å². The highest BCUT2D eigenvalue weighted by Gasteiger charge is 2.45. The average molecular weight is 374 g/mol. The Balaban J connectivity index is 1.40. The summed E-state index contributed by atoms with van der Waals surface area (Å²) in [6.45, 7) is 2.11. The van der Waals surface area contributed by atoms with Crippen LogP contribution in [0.25, 0.3) is 11.0 Å². The Kier molecular flexibility index (Phi) is 4.57. The average Bonchev–Trinajstić information content (AvgIpc) is 3.20. The van der Waals surface area contributed by atoms with Crippen molar-refractivity contribution in [2.24, 2.45) is 14.1 Å². The van der Waals surface area contributed by atoms with Gasteiger partial charge < -0.3 is 15.2 Å². The fraction of sp³-hybridized carbons (Fsp3) is 0.579. The van der Waals surface area contributed by atoms with Crippen LogP contribution in [0.15, 0.2) is 23.0 Å². The Morgan fingerprint density at radius 1 is 1.30 bits per heavy atom. The molecule has 2 atom stereocenters. The molecule has 1 aromatic heterocycles. The third kappa shape index (κ3) is 3.18. The molecule has 2 N–H and O–H groups in total. The molecule has 2 fully saturated rings. The standard InChI is InChI=1S/C19H26N4O4/c1-21-14-5-4-13(10-15(14)22(2)18(21)26)20-17(25)12-23-8-7-19(16(24)11-23)6-3-9-27-19/h4-5,10,16,24H,3,6-9,11-12H2,1-2H3,(H,20,25)/t16-,19-/m0/s1. The Morgan fingerprint density at radius 3 is 2.78 bits per heavy atom. The number of likely N-dealkylation sites (tertiary alicyclic amines) is 1. The molecule has 2 aromatic rings. The molecule has 1 spiro atoms. The molecule has 8 heteroatoms. The maximum atomic E-state index is 12.5. The van der Waals surface area contributed by atoms with Gasteiger partial charge in [-0.15, -0.1) is 0 Å². The number of rotatable bonds is 3. The zero-order valence-electron chi connectivity index (χ0n) is 15.8. The lowest BCUT2D eigenvalue weighted by atomic mass is 9.86. The van der Waals surface area contributed by atoms with E-state index in [2.05, 4.69) is 5.32 Å². The van der Waals surface area contributed by atoms with Crippen LogP contribution < -0.4 is 11.0 Å². The van der Waals surface area contributed by atoms with E-state index in [4.69, 9.17) is 4.74 Å². The summed E-state index contributed by atoms with van der Waals surface area (Å²) in [5.74, 6) is -0.134. The molecule has 2 aliphatic rings. The predicted octanol–water partition coefficient (Wildman–Crippen LogP) is 0.431. The number of aromatic nitrogens is 2. The van der Waals surface area contributed by atoms with Crippen molar-refractivity contribution in [1.29, 1.82) is 0 Å². The van der Waals surface area contributed by atoms with Crippen molar-refractivity contribution >= 4 is 22.6 Å². The van der Waals surface area contributed by atoms with Gasteiger partial charge in [0, 0.05) is 39.5 Å². The summed E-state index contributed by atoms with van der Waals surface area (Å²) < 4.78 is 8.94. The third-order valence-electron chi connectivity index (χ3n) is 5.95. The highest BCUT2D eigenvalue weighted by Crippen LogP contribution is 2.35. The Morgan fingerprint density at radius 2 is 2.07 bits per heavy atom. The van der Waals surface area contributed by atoms with E-state index in [0.29, 0.717) is 18.8 Å². The highest BCUT2D eigenvalue weighted by molar-refractivity contribution is 5.94. The van der Waals surface area contributed by atoms with Crippen molar-refractivity contribution in [2.45, 2.75) is 31.0 Å². The fourth-order valence-corrected chi connectivity index (χ4v) is 4.33. The molecular weight excluding hydrogens is 348 g/mol. The molecule has 0 radical (unpaired) electrons. The summed E-state index contributed by atoms with van der Waals surface area (Å²) in [5, 5.41) is 13.4. The summed E-state index contributed by atoms with van der Waals surface area (Å²) in [6.07, 6.45) is 2.07. The molecule has 3 heterocycles. The van der Waals surface area contributed by atoms with Gasteiger partial charge in [-0.25, -0.2) is 4.79 Å². The number of anilines is 1. The van der Waals surface area contributed by atoms with Crippen LogP contribution in [0.3, 0.4) is 0 Å². The minimum atomic E-state index is -0.559. The molecule has 8 nitrogen and oxygen atoms in total. The number of hydrogen-bond acceptors (Lipinski definition) is 5. The maximum absolute atomic E-state index is 12.5. The number of aliphatic hydroxyl groups excluding tert-OH is 1. The van der Waals surface area contributed by atoms with E-state index in [9.17, 15) is 14.7 Å². The molecule has 1 amide bonds. The van der Waals surface area contributed by atoms with E-state index in [-0.39, 0.29) is 18.1 Å². The van der Waals surface area contributed by atoms with E-state index in [1.807, 2.05) is 11.0 Å². The summed E-state index contributed by atoms with van der Waals surface area (Å²) in [5.41, 5.74) is 1.74. The van der Waals surface area contributed by atoms with Gasteiger partial charge in [-0.3, -0.25) is 18.8 Å². The highest BCUT2D eigenvalue weighted by atomic mass is 16.5. The molecule has 0 unspecified atom stereocenters. The fourth-order valence-electron chi connectivity index (χ4n) is 4.33. The van der Waals surface area contributed by atoms with E-state index in [1.165, 1.54) is 0 Å². The number of fused-ring (bicyclic) bond motifs is 1. The molecule has 4 rings (SSSR count). The SMILES string of the molecule is Cn1c(=O)n(C)c2cc(NC(=O)CN3CC[C@@]4(CCCO4)[C@@H](O)C3)ccc21. The second-order valence-electron chi connectivity index (χ2n) is 7.67. The minimum absolute atomic E-state index is 0.0983. The first-order chi connectivity index (χ1) is 12.9. The van der Waals surface area contributed by atoms with Crippen molar-refractivity contribution in [1.82, 2.24) is 14.0 Å². The Hall–Kier alpha value is -2.16. The molecule has 1 aromatic carbocycles. The smallest absolute Gasteiger partial charge is 0.328 e. The normalized spacial score (nSPS) is 26.1. The number of aliphatic hydroxyl groups is 1. The van der Waals surface area contributed by atoms with Gasteiger partial charge in [-0.05, 0) is 37.5 Å². The third-order valence-corrected chi connectivity index (χ3v) is 5.95. The summed E-state index contributed by atoms with van der Waals surface area (Å²) >= 11 is 0. The van der Waals surface area contributed by atoms with Crippen LogP contribution in [0.5, 0.6) is 0 Å². The first kappa shape index (κ1) is 18.2. The van der Waals surface area contributed by atoms with Crippen molar-refractivity contribution < 1.29 is 14.6 Å². The predicted molar refractivity (Wildman–Crippen MR) is 102 cm³/mol. The van der Waals surface area contributed by atoms with Crippen molar-refractivity contribution in [3.05, 3.63) is 28.7 Å². The Bertz CT molecular complexity index is 926. The minimum Gasteiger partial charge on any atom is -0.389 e. The largest absolute Gasteiger partial charge is 0.389 e. The van der Waals surface area contributed by atoms with Crippen LogP contribution in [0.2, 0.25) is 0 Å². The van der Waals surface area contributed by atoms with Crippen molar-refractivity contribution in [2.75, 3.05) is 31.6 Å². The molecule has 0 bridgehead atoms. The van der Waals surface area contributed by atoms with E-state index in [1.54, 1.807) is 35.4 Å². The lowest BCUT2D eigenvalue weighted by Gasteiger charge is -2.42. The van der Waals surface area contributed by atoms with Crippen molar-refractivity contribution in [3.8, 4) is 0 Å². The number of nitrogens with zero attached hydrogens (tertiary/aromatic N) is 3. The number of carbonyl (C=O) groups is 1. The van der Waals surface area contributed by atoms with E-state index in [0.717, 1.165) is 36.8 Å². The van der Waals surface area contributed by atoms with Gasteiger partial charge >= 0.3 is 5.69 Å². The summed E-state index contributed by atoms with van der Waals surface area (Å²) in [4.78, 5) is 26.4. The van der Waals surface area contributed by atoms with Crippen molar-refractivity contribution in [3.63, 3.8) is 0 Å². The molecule has 0 aliphatic carbocycles. The quantitative estimate of drug-likeness (QED) is 0.814. The molecule has 2 aliphatic heterocycles. The summed E-state index contributed by atoms with van der Waals surface area (Å²) in [6, 6.07) is 5.44. The number of imidazole rings is 1. The van der Waals surface area contributed by atoms with Gasteiger partial charge in [0.1, 0.15) is 0 Å². The number of ether oxygens (including phenoxy) is 1. The van der Waals surface area contributed by atoms with Crippen LogP contribution in [0, 0.1) is 0 Å².